The Kier molecular flexibility index (Phi) is 5.65. The number of nitrogens with one attached hydrogen (secondary N) is 1. The number of alkyl halides is 3. The molecule has 5 heteroatoms. The number of halogens is 3. The average Bonchev–Trinajstić information content (AvgIpc) is 2.47. The van der Waals surface area contributed by atoms with Gasteiger partial charge >= 0.3 is 6.18 Å². The highest BCUT2D eigenvalue weighted by Crippen LogP contribution is 2.36. The van der Waals surface area contributed by atoms with E-state index in [1.165, 1.54) is 6.07 Å². The van der Waals surface area contributed by atoms with Gasteiger partial charge in [0.25, 0.3) is 0 Å². The lowest BCUT2D eigenvalue weighted by atomic mass is 9.93. The van der Waals surface area contributed by atoms with Gasteiger partial charge in [0.2, 0.25) is 0 Å². The number of ether oxygens (including phenoxy) is 1. The van der Waals surface area contributed by atoms with Crippen molar-refractivity contribution >= 4 is 0 Å². The van der Waals surface area contributed by atoms with Crippen molar-refractivity contribution in [2.75, 3.05) is 13.2 Å². The SMILES string of the molecule is CCNC(CC1CCCCO1)c1ccccc1C(F)(F)F. The topological polar surface area (TPSA) is 21.3 Å². The highest BCUT2D eigenvalue weighted by atomic mass is 19.4. The van der Waals surface area contributed by atoms with Crippen molar-refractivity contribution in [3.63, 3.8) is 0 Å². The molecule has 0 radical (unpaired) electrons. The van der Waals surface area contributed by atoms with E-state index in [-0.39, 0.29) is 12.1 Å². The van der Waals surface area contributed by atoms with E-state index in [9.17, 15) is 13.2 Å². The fraction of sp³-hybridized carbons (Fsp3) is 0.625. The molecule has 2 nitrogen and oxygen atoms in total. The quantitative estimate of drug-likeness (QED) is 0.874. The lowest BCUT2D eigenvalue weighted by Gasteiger charge is -2.29. The van der Waals surface area contributed by atoms with Crippen LogP contribution in [0.15, 0.2) is 24.3 Å². The van der Waals surface area contributed by atoms with Crippen LogP contribution in [0, 0.1) is 0 Å². The maximum Gasteiger partial charge on any atom is 0.416 e. The van der Waals surface area contributed by atoms with E-state index in [1.54, 1.807) is 12.1 Å². The monoisotopic (exact) mass is 301 g/mol. The molecule has 0 aromatic heterocycles. The van der Waals surface area contributed by atoms with Crippen LogP contribution in [-0.2, 0) is 10.9 Å². The van der Waals surface area contributed by atoms with Gasteiger partial charge in [-0.25, -0.2) is 0 Å². The Hall–Kier alpha value is -1.07. The Morgan fingerprint density at radius 1 is 1.29 bits per heavy atom. The van der Waals surface area contributed by atoms with E-state index in [4.69, 9.17) is 4.74 Å². The van der Waals surface area contributed by atoms with Gasteiger partial charge in [0.15, 0.2) is 0 Å². The van der Waals surface area contributed by atoms with Gasteiger partial charge in [0.05, 0.1) is 11.7 Å². The second-order valence-electron chi connectivity index (χ2n) is 5.42. The van der Waals surface area contributed by atoms with Crippen molar-refractivity contribution < 1.29 is 17.9 Å². The Balaban J connectivity index is 2.21. The molecule has 0 bridgehead atoms. The summed E-state index contributed by atoms with van der Waals surface area (Å²) < 4.78 is 45.2. The number of rotatable bonds is 5. The second-order valence-corrected chi connectivity index (χ2v) is 5.42. The molecule has 1 heterocycles. The Labute approximate surface area is 123 Å². The molecule has 1 aliphatic heterocycles. The molecule has 0 spiro atoms. The third kappa shape index (κ3) is 4.45. The van der Waals surface area contributed by atoms with Crippen molar-refractivity contribution in [1.82, 2.24) is 5.32 Å². The zero-order valence-electron chi connectivity index (χ0n) is 12.2. The predicted octanol–water partition coefficient (Wildman–Crippen LogP) is 4.32. The van der Waals surface area contributed by atoms with Crippen molar-refractivity contribution in [1.29, 1.82) is 0 Å². The zero-order valence-corrected chi connectivity index (χ0v) is 12.2. The first-order valence-electron chi connectivity index (χ1n) is 7.53. The van der Waals surface area contributed by atoms with Crippen molar-refractivity contribution in [3.8, 4) is 0 Å². The van der Waals surface area contributed by atoms with Crippen molar-refractivity contribution in [2.24, 2.45) is 0 Å². The summed E-state index contributed by atoms with van der Waals surface area (Å²) in [6, 6.07) is 5.50. The molecule has 21 heavy (non-hydrogen) atoms. The van der Waals surface area contributed by atoms with Crippen LogP contribution in [0.5, 0.6) is 0 Å². The number of hydrogen-bond acceptors (Lipinski definition) is 2. The summed E-state index contributed by atoms with van der Waals surface area (Å²) >= 11 is 0. The molecule has 0 amide bonds. The fourth-order valence-electron chi connectivity index (χ4n) is 2.88. The molecule has 1 N–H and O–H groups in total. The highest BCUT2D eigenvalue weighted by molar-refractivity contribution is 5.32. The Morgan fingerprint density at radius 3 is 2.67 bits per heavy atom. The summed E-state index contributed by atoms with van der Waals surface area (Å²) in [5, 5.41) is 3.18. The Bertz CT molecular complexity index is 441. The molecule has 1 aromatic carbocycles. The highest BCUT2D eigenvalue weighted by Gasteiger charge is 2.35. The third-order valence-corrected chi connectivity index (χ3v) is 3.86. The van der Waals surface area contributed by atoms with Gasteiger partial charge in [0.1, 0.15) is 0 Å². The van der Waals surface area contributed by atoms with Gasteiger partial charge in [-0.1, -0.05) is 25.1 Å². The molecule has 1 fully saturated rings. The van der Waals surface area contributed by atoms with Gasteiger partial charge in [-0.3, -0.25) is 0 Å². The molecular formula is C16H22F3NO. The van der Waals surface area contributed by atoms with Gasteiger partial charge in [-0.2, -0.15) is 13.2 Å². The first-order chi connectivity index (χ1) is 10.0. The largest absolute Gasteiger partial charge is 0.416 e. The molecule has 2 unspecified atom stereocenters. The summed E-state index contributed by atoms with van der Waals surface area (Å²) in [5.74, 6) is 0. The molecular weight excluding hydrogens is 279 g/mol. The lowest BCUT2D eigenvalue weighted by molar-refractivity contribution is -0.138. The van der Waals surface area contributed by atoms with Gasteiger partial charge in [-0.15, -0.1) is 0 Å². The first kappa shape index (κ1) is 16.3. The summed E-state index contributed by atoms with van der Waals surface area (Å²) in [6.45, 7) is 3.25. The summed E-state index contributed by atoms with van der Waals surface area (Å²) in [5.41, 5.74) is -0.229. The normalized spacial score (nSPS) is 21.2. The number of hydrogen-bond donors (Lipinski definition) is 1. The molecule has 1 aromatic rings. The fourth-order valence-corrected chi connectivity index (χ4v) is 2.88. The van der Waals surface area contributed by atoms with Gasteiger partial charge in [0, 0.05) is 12.6 Å². The van der Waals surface area contributed by atoms with Crippen LogP contribution in [0.3, 0.4) is 0 Å². The third-order valence-electron chi connectivity index (χ3n) is 3.86. The molecule has 2 rings (SSSR count). The van der Waals surface area contributed by atoms with Crippen LogP contribution in [-0.4, -0.2) is 19.3 Å². The maximum absolute atomic E-state index is 13.2. The van der Waals surface area contributed by atoms with E-state index in [2.05, 4.69) is 5.32 Å². The Morgan fingerprint density at radius 2 is 2.05 bits per heavy atom. The summed E-state index contributed by atoms with van der Waals surface area (Å²) in [4.78, 5) is 0. The van der Waals surface area contributed by atoms with Crippen LogP contribution < -0.4 is 5.32 Å². The minimum Gasteiger partial charge on any atom is -0.378 e. The molecule has 0 aliphatic carbocycles. The molecule has 118 valence electrons. The number of benzene rings is 1. The van der Waals surface area contributed by atoms with Crippen LogP contribution in [0.25, 0.3) is 0 Å². The van der Waals surface area contributed by atoms with Crippen molar-refractivity contribution in [3.05, 3.63) is 35.4 Å². The van der Waals surface area contributed by atoms with Crippen LogP contribution in [0.4, 0.5) is 13.2 Å². The molecule has 1 saturated heterocycles. The minimum atomic E-state index is -4.32. The zero-order chi connectivity index (χ0) is 15.3. The van der Waals surface area contributed by atoms with Crippen LogP contribution in [0.2, 0.25) is 0 Å². The summed E-state index contributed by atoms with van der Waals surface area (Å²) in [6.07, 6.45) is -0.634. The minimum absolute atomic E-state index is 0.0455. The van der Waals surface area contributed by atoms with E-state index in [1.807, 2.05) is 6.92 Å². The first-order valence-corrected chi connectivity index (χ1v) is 7.53. The second kappa shape index (κ2) is 7.27. The van der Waals surface area contributed by atoms with E-state index >= 15 is 0 Å². The predicted molar refractivity (Wildman–Crippen MR) is 76.1 cm³/mol. The van der Waals surface area contributed by atoms with E-state index in [0.29, 0.717) is 25.1 Å². The van der Waals surface area contributed by atoms with E-state index in [0.717, 1.165) is 25.3 Å². The summed E-state index contributed by atoms with van der Waals surface area (Å²) in [7, 11) is 0. The molecule has 0 saturated carbocycles. The van der Waals surface area contributed by atoms with E-state index < -0.39 is 11.7 Å². The van der Waals surface area contributed by atoms with Crippen LogP contribution in [0.1, 0.15) is 49.8 Å². The van der Waals surface area contributed by atoms with Gasteiger partial charge < -0.3 is 10.1 Å². The van der Waals surface area contributed by atoms with Gasteiger partial charge in [-0.05, 0) is 43.9 Å². The molecule has 1 aliphatic rings. The molecule has 2 atom stereocenters. The average molecular weight is 301 g/mol. The maximum atomic E-state index is 13.2. The van der Waals surface area contributed by atoms with Crippen molar-refractivity contribution in [2.45, 2.75) is 50.9 Å². The smallest absolute Gasteiger partial charge is 0.378 e. The standard InChI is InChI=1S/C16H22F3NO/c1-2-20-15(11-12-7-5-6-10-21-12)13-8-3-4-9-14(13)16(17,18)19/h3-4,8-9,12,15,20H,2,5-7,10-11H2,1H3. The lowest BCUT2D eigenvalue weighted by Crippen LogP contribution is -2.30. The van der Waals surface area contributed by atoms with Crippen LogP contribution >= 0.6 is 0 Å².